The molecule has 3 N–H and O–H groups in total. The molecule has 1 aromatic heterocycles. The number of rotatable bonds is 5. The number of epoxide rings is 1. The van der Waals surface area contributed by atoms with Gasteiger partial charge in [-0.3, -0.25) is 0 Å². The van der Waals surface area contributed by atoms with Gasteiger partial charge >= 0.3 is 6.18 Å². The summed E-state index contributed by atoms with van der Waals surface area (Å²) in [6, 6.07) is 6.52. The van der Waals surface area contributed by atoms with Gasteiger partial charge in [0.1, 0.15) is 11.5 Å². The maximum Gasteiger partial charge on any atom is 0.416 e. The predicted molar refractivity (Wildman–Crippen MR) is 117 cm³/mol. The number of aryl methyl sites for hydroxylation is 1. The molecule has 3 heterocycles. The van der Waals surface area contributed by atoms with Crippen LogP contribution in [0.3, 0.4) is 0 Å². The number of benzene rings is 2. The van der Waals surface area contributed by atoms with E-state index in [4.69, 9.17) is 4.74 Å². The van der Waals surface area contributed by atoms with Gasteiger partial charge in [0, 0.05) is 32.7 Å². The van der Waals surface area contributed by atoms with Gasteiger partial charge in [-0.1, -0.05) is 23.9 Å². The van der Waals surface area contributed by atoms with Crippen molar-refractivity contribution in [3.8, 4) is 11.1 Å². The lowest BCUT2D eigenvalue weighted by Gasteiger charge is -2.10. The van der Waals surface area contributed by atoms with Crippen molar-refractivity contribution in [1.29, 1.82) is 0 Å². The van der Waals surface area contributed by atoms with Crippen LogP contribution in [-0.2, 0) is 17.5 Å². The van der Waals surface area contributed by atoms with Crippen LogP contribution >= 0.6 is 23.1 Å². The molecule has 5 rings (SSSR count). The van der Waals surface area contributed by atoms with Crippen molar-refractivity contribution in [1.82, 2.24) is 0 Å². The first-order valence-corrected chi connectivity index (χ1v) is 11.7. The minimum absolute atomic E-state index is 0.0589. The Kier molecular flexibility index (Phi) is 5.55. The Bertz CT molecular complexity index is 1230. The second kappa shape index (κ2) is 8.15. The molecular weight excluding hydrogens is 483 g/mol. The standard InChI is InChI=1S/C22H17F5N2O2S2/c1-9-2-4-11(17(24)16(9)23)13-8-32-20(12(13)7-30)29-19-18(31-19)21-28-14-6-10(22(25,26)27)3-5-15(14)33-21/h2-6,8,18-19,21,28-30H,7H2,1H3. The molecule has 2 aliphatic heterocycles. The molecule has 3 unspecified atom stereocenters. The highest BCUT2D eigenvalue weighted by Gasteiger charge is 2.48. The molecule has 174 valence electrons. The second-order valence-corrected chi connectivity index (χ2v) is 9.79. The summed E-state index contributed by atoms with van der Waals surface area (Å²) >= 11 is 2.60. The van der Waals surface area contributed by atoms with Crippen molar-refractivity contribution in [2.24, 2.45) is 0 Å². The van der Waals surface area contributed by atoms with Crippen LogP contribution in [0.5, 0.6) is 0 Å². The first kappa shape index (κ1) is 22.5. The van der Waals surface area contributed by atoms with Crippen molar-refractivity contribution in [3.63, 3.8) is 0 Å². The summed E-state index contributed by atoms with van der Waals surface area (Å²) in [6.45, 7) is 1.08. The monoisotopic (exact) mass is 500 g/mol. The van der Waals surface area contributed by atoms with Crippen LogP contribution in [0.25, 0.3) is 11.1 Å². The Labute approximate surface area is 193 Å². The number of fused-ring (bicyclic) bond motifs is 1. The van der Waals surface area contributed by atoms with E-state index in [-0.39, 0.29) is 22.6 Å². The molecule has 0 amide bonds. The van der Waals surface area contributed by atoms with Crippen molar-refractivity contribution in [3.05, 3.63) is 64.0 Å². The zero-order chi connectivity index (χ0) is 23.5. The zero-order valence-electron chi connectivity index (χ0n) is 17.0. The zero-order valence-corrected chi connectivity index (χ0v) is 18.6. The van der Waals surface area contributed by atoms with Gasteiger partial charge in [-0.25, -0.2) is 8.78 Å². The Hall–Kier alpha value is -2.34. The first-order valence-electron chi connectivity index (χ1n) is 9.90. The van der Waals surface area contributed by atoms with Gasteiger partial charge in [0.05, 0.1) is 17.2 Å². The normalized spacial score (nSPS) is 21.6. The second-order valence-electron chi connectivity index (χ2n) is 7.73. The van der Waals surface area contributed by atoms with Crippen LogP contribution in [-0.4, -0.2) is 22.8 Å². The molecule has 3 atom stereocenters. The molecule has 0 spiro atoms. The third kappa shape index (κ3) is 4.07. The van der Waals surface area contributed by atoms with E-state index in [1.54, 1.807) is 5.38 Å². The average molecular weight is 501 g/mol. The van der Waals surface area contributed by atoms with E-state index in [9.17, 15) is 27.1 Å². The fourth-order valence-corrected chi connectivity index (χ4v) is 5.93. The summed E-state index contributed by atoms with van der Waals surface area (Å²) in [5.74, 6) is -1.91. The van der Waals surface area contributed by atoms with E-state index in [2.05, 4.69) is 10.6 Å². The molecule has 1 fully saturated rings. The number of aliphatic hydroxyl groups is 1. The van der Waals surface area contributed by atoms with Crippen molar-refractivity contribution in [2.75, 3.05) is 10.6 Å². The number of hydrogen-bond acceptors (Lipinski definition) is 6. The van der Waals surface area contributed by atoms with E-state index >= 15 is 0 Å². The SMILES string of the molecule is Cc1ccc(-c2csc(NC3OC3C3Nc4cc(C(F)(F)F)ccc4S3)c2CO)c(F)c1F. The molecular formula is C22H17F5N2O2S2. The van der Waals surface area contributed by atoms with Gasteiger partial charge in [0.25, 0.3) is 0 Å². The molecule has 11 heteroatoms. The van der Waals surface area contributed by atoms with E-state index in [0.717, 1.165) is 12.1 Å². The van der Waals surface area contributed by atoms with Crippen LogP contribution < -0.4 is 10.6 Å². The topological polar surface area (TPSA) is 56.8 Å². The van der Waals surface area contributed by atoms with E-state index in [1.165, 1.54) is 48.2 Å². The smallest absolute Gasteiger partial charge is 0.392 e. The van der Waals surface area contributed by atoms with Crippen LogP contribution in [0.4, 0.5) is 32.6 Å². The molecule has 0 saturated carbocycles. The van der Waals surface area contributed by atoms with E-state index in [1.807, 2.05) is 0 Å². The number of nitrogens with one attached hydrogen (secondary N) is 2. The summed E-state index contributed by atoms with van der Waals surface area (Å²) < 4.78 is 73.1. The van der Waals surface area contributed by atoms with Crippen molar-refractivity contribution >= 4 is 33.8 Å². The number of anilines is 2. The van der Waals surface area contributed by atoms with Crippen molar-refractivity contribution in [2.45, 2.75) is 42.3 Å². The number of alkyl halides is 3. The summed E-state index contributed by atoms with van der Waals surface area (Å²) in [6.07, 6.45) is -5.19. The first-order chi connectivity index (χ1) is 15.7. The van der Waals surface area contributed by atoms with Gasteiger partial charge in [-0.05, 0) is 30.7 Å². The Morgan fingerprint density at radius 1 is 1.12 bits per heavy atom. The lowest BCUT2D eigenvalue weighted by molar-refractivity contribution is -0.137. The number of aliphatic hydroxyl groups excluding tert-OH is 1. The largest absolute Gasteiger partial charge is 0.416 e. The molecule has 2 aromatic carbocycles. The van der Waals surface area contributed by atoms with E-state index in [0.29, 0.717) is 26.7 Å². The van der Waals surface area contributed by atoms with Gasteiger partial charge < -0.3 is 20.5 Å². The number of thiophene rings is 1. The predicted octanol–water partition coefficient (Wildman–Crippen LogP) is 6.19. The third-order valence-electron chi connectivity index (χ3n) is 5.57. The van der Waals surface area contributed by atoms with Crippen LogP contribution in [0.2, 0.25) is 0 Å². The fourth-order valence-electron chi connectivity index (χ4n) is 3.73. The Balaban J connectivity index is 1.30. The molecule has 1 saturated heterocycles. The summed E-state index contributed by atoms with van der Waals surface area (Å²) in [5, 5.41) is 18.0. The highest BCUT2D eigenvalue weighted by Crippen LogP contribution is 2.47. The molecule has 0 radical (unpaired) electrons. The Morgan fingerprint density at radius 3 is 2.64 bits per heavy atom. The summed E-state index contributed by atoms with van der Waals surface area (Å²) in [5.41, 5.74) is 0.735. The molecule has 4 nitrogen and oxygen atoms in total. The highest BCUT2D eigenvalue weighted by molar-refractivity contribution is 8.00. The molecule has 0 bridgehead atoms. The summed E-state index contributed by atoms with van der Waals surface area (Å²) in [4.78, 5) is 0.702. The molecule has 3 aromatic rings. The van der Waals surface area contributed by atoms with E-state index < -0.39 is 36.2 Å². The highest BCUT2D eigenvalue weighted by atomic mass is 32.2. The lowest BCUT2D eigenvalue weighted by atomic mass is 10.0. The maximum atomic E-state index is 14.5. The van der Waals surface area contributed by atoms with Gasteiger partial charge in [-0.15, -0.1) is 11.3 Å². The van der Waals surface area contributed by atoms with Gasteiger partial charge in [0.2, 0.25) is 0 Å². The minimum atomic E-state index is -4.42. The van der Waals surface area contributed by atoms with Gasteiger partial charge in [-0.2, -0.15) is 13.2 Å². The minimum Gasteiger partial charge on any atom is -0.392 e. The van der Waals surface area contributed by atoms with Crippen LogP contribution in [0, 0.1) is 18.6 Å². The molecule has 0 aliphatic carbocycles. The van der Waals surface area contributed by atoms with Crippen molar-refractivity contribution < 1.29 is 31.8 Å². The Morgan fingerprint density at radius 2 is 1.91 bits per heavy atom. The summed E-state index contributed by atoms with van der Waals surface area (Å²) in [7, 11) is 0. The van der Waals surface area contributed by atoms with Gasteiger partial charge in [0.15, 0.2) is 17.9 Å². The third-order valence-corrected chi connectivity index (χ3v) is 7.78. The number of halogens is 5. The average Bonchev–Trinajstić information content (AvgIpc) is 3.22. The van der Waals surface area contributed by atoms with Crippen LogP contribution in [0.15, 0.2) is 40.6 Å². The maximum absolute atomic E-state index is 14.5. The quantitative estimate of drug-likeness (QED) is 0.288. The fraction of sp³-hybridized carbons (Fsp3) is 0.273. The van der Waals surface area contributed by atoms with Crippen LogP contribution in [0.1, 0.15) is 16.7 Å². The number of thioether (sulfide) groups is 1. The number of ether oxygens (including phenoxy) is 1. The molecule has 33 heavy (non-hydrogen) atoms. The molecule has 2 aliphatic rings. The number of hydrogen-bond donors (Lipinski definition) is 3. The lowest BCUT2D eigenvalue weighted by Crippen LogP contribution is -2.22.